The Morgan fingerprint density at radius 1 is 1.33 bits per heavy atom. The molecule has 12 heavy (non-hydrogen) atoms. The number of aliphatic hydroxyl groups is 1. The van der Waals surface area contributed by atoms with E-state index < -0.39 is 0 Å². The number of hydrogen-bond acceptors (Lipinski definition) is 2. The maximum atomic E-state index is 9.64. The van der Waals surface area contributed by atoms with E-state index >= 15 is 0 Å². The molecule has 2 heteroatoms. The first kappa shape index (κ1) is 9.57. The Morgan fingerprint density at radius 3 is 2.83 bits per heavy atom. The minimum Gasteiger partial charge on any atom is -0.392 e. The van der Waals surface area contributed by atoms with Crippen molar-refractivity contribution in [1.82, 2.24) is 5.32 Å². The summed E-state index contributed by atoms with van der Waals surface area (Å²) in [5, 5.41) is 12.8. The van der Waals surface area contributed by atoms with Gasteiger partial charge in [0.05, 0.1) is 12.6 Å². The van der Waals surface area contributed by atoms with E-state index in [0.29, 0.717) is 6.54 Å². The van der Waals surface area contributed by atoms with Gasteiger partial charge in [0, 0.05) is 6.04 Å². The third-order valence-electron chi connectivity index (χ3n) is 2.45. The van der Waals surface area contributed by atoms with Crippen LogP contribution in [0.1, 0.15) is 32.1 Å². The van der Waals surface area contributed by atoms with Gasteiger partial charge in [-0.1, -0.05) is 25.2 Å². The van der Waals surface area contributed by atoms with Crippen LogP contribution in [0, 0.1) is 12.3 Å². The molecule has 1 fully saturated rings. The van der Waals surface area contributed by atoms with Crippen LogP contribution in [-0.4, -0.2) is 23.8 Å². The Morgan fingerprint density at radius 2 is 2.08 bits per heavy atom. The van der Waals surface area contributed by atoms with Gasteiger partial charge in [0.15, 0.2) is 0 Å². The van der Waals surface area contributed by atoms with E-state index in [9.17, 15) is 5.11 Å². The minimum atomic E-state index is -0.194. The summed E-state index contributed by atoms with van der Waals surface area (Å²) in [5.74, 6) is 2.53. The second-order valence-electron chi connectivity index (χ2n) is 3.40. The van der Waals surface area contributed by atoms with Crippen molar-refractivity contribution < 1.29 is 5.11 Å². The molecule has 68 valence electrons. The lowest BCUT2D eigenvalue weighted by Crippen LogP contribution is -2.39. The molecule has 0 aromatic heterocycles. The van der Waals surface area contributed by atoms with Gasteiger partial charge in [0.1, 0.15) is 0 Å². The smallest absolute Gasteiger partial charge is 0.0693 e. The topological polar surface area (TPSA) is 32.3 Å². The highest BCUT2D eigenvalue weighted by molar-refractivity contribution is 4.90. The van der Waals surface area contributed by atoms with Crippen LogP contribution in [0.15, 0.2) is 0 Å². The van der Waals surface area contributed by atoms with Crippen LogP contribution in [-0.2, 0) is 0 Å². The molecular weight excluding hydrogens is 150 g/mol. The Hall–Kier alpha value is -0.520. The summed E-state index contributed by atoms with van der Waals surface area (Å²) in [6.45, 7) is 0.571. The van der Waals surface area contributed by atoms with Crippen molar-refractivity contribution in [2.45, 2.75) is 44.2 Å². The summed E-state index contributed by atoms with van der Waals surface area (Å²) in [4.78, 5) is 0. The highest BCUT2D eigenvalue weighted by atomic mass is 16.3. The van der Waals surface area contributed by atoms with Crippen molar-refractivity contribution in [3.05, 3.63) is 0 Å². The molecule has 0 spiro atoms. The summed E-state index contributed by atoms with van der Waals surface area (Å²) in [6, 6.07) is 0.226. The molecule has 0 unspecified atom stereocenters. The highest BCUT2D eigenvalue weighted by Crippen LogP contribution is 2.17. The zero-order valence-electron chi connectivity index (χ0n) is 7.42. The molecule has 0 saturated heterocycles. The van der Waals surface area contributed by atoms with Gasteiger partial charge < -0.3 is 10.4 Å². The Kier molecular flexibility index (Phi) is 4.13. The lowest BCUT2D eigenvalue weighted by Gasteiger charge is -2.20. The minimum absolute atomic E-state index is 0.194. The van der Waals surface area contributed by atoms with Crippen LogP contribution in [0.25, 0.3) is 0 Å². The molecule has 1 aliphatic rings. The van der Waals surface area contributed by atoms with E-state index in [4.69, 9.17) is 6.42 Å². The maximum Gasteiger partial charge on any atom is 0.0693 e. The molecule has 0 radical (unpaired) electrons. The van der Waals surface area contributed by atoms with Crippen LogP contribution in [0.4, 0.5) is 0 Å². The molecular formula is C10H17NO. The van der Waals surface area contributed by atoms with Gasteiger partial charge in [-0.15, -0.1) is 6.42 Å². The maximum absolute atomic E-state index is 9.64. The second kappa shape index (κ2) is 5.18. The molecule has 2 nitrogen and oxygen atoms in total. The standard InChI is InChI=1S/C10H17NO/c1-2-8-11-9-6-4-3-5-7-10(9)12/h1,9-12H,3-8H2/t9-,10-/m1/s1. The summed E-state index contributed by atoms with van der Waals surface area (Å²) < 4.78 is 0. The van der Waals surface area contributed by atoms with Gasteiger partial charge >= 0.3 is 0 Å². The molecule has 2 N–H and O–H groups in total. The lowest BCUT2D eigenvalue weighted by molar-refractivity contribution is 0.122. The molecule has 0 bridgehead atoms. The number of terminal acetylenes is 1. The van der Waals surface area contributed by atoms with Crippen LogP contribution in [0.3, 0.4) is 0 Å². The molecule has 1 rings (SSSR count). The average molecular weight is 167 g/mol. The fraction of sp³-hybridized carbons (Fsp3) is 0.800. The summed E-state index contributed by atoms with van der Waals surface area (Å²) in [7, 11) is 0. The van der Waals surface area contributed by atoms with Gasteiger partial charge in [-0.25, -0.2) is 0 Å². The van der Waals surface area contributed by atoms with Crippen LogP contribution in [0.5, 0.6) is 0 Å². The molecule has 0 aromatic rings. The lowest BCUT2D eigenvalue weighted by atomic mass is 10.1. The molecule has 1 aliphatic carbocycles. The average Bonchev–Trinajstić information content (AvgIpc) is 2.27. The van der Waals surface area contributed by atoms with E-state index in [2.05, 4.69) is 11.2 Å². The zero-order valence-corrected chi connectivity index (χ0v) is 7.42. The van der Waals surface area contributed by atoms with E-state index in [1.54, 1.807) is 0 Å². The van der Waals surface area contributed by atoms with Crippen molar-refractivity contribution in [2.24, 2.45) is 0 Å². The fourth-order valence-electron chi connectivity index (χ4n) is 1.72. The van der Waals surface area contributed by atoms with Crippen molar-refractivity contribution >= 4 is 0 Å². The first-order valence-electron chi connectivity index (χ1n) is 4.69. The highest BCUT2D eigenvalue weighted by Gasteiger charge is 2.19. The quantitative estimate of drug-likeness (QED) is 0.473. The zero-order chi connectivity index (χ0) is 8.81. The van der Waals surface area contributed by atoms with Crippen LogP contribution >= 0.6 is 0 Å². The fourth-order valence-corrected chi connectivity index (χ4v) is 1.72. The first-order valence-corrected chi connectivity index (χ1v) is 4.69. The first-order chi connectivity index (χ1) is 5.84. The summed E-state index contributed by atoms with van der Waals surface area (Å²) in [6.07, 6.45) is 10.5. The van der Waals surface area contributed by atoms with Gasteiger partial charge in [0.2, 0.25) is 0 Å². The largest absolute Gasteiger partial charge is 0.392 e. The summed E-state index contributed by atoms with van der Waals surface area (Å²) >= 11 is 0. The molecule has 1 saturated carbocycles. The van der Waals surface area contributed by atoms with Crippen LogP contribution < -0.4 is 5.32 Å². The van der Waals surface area contributed by atoms with Crippen molar-refractivity contribution in [1.29, 1.82) is 0 Å². The third-order valence-corrected chi connectivity index (χ3v) is 2.45. The van der Waals surface area contributed by atoms with Gasteiger partial charge in [-0.05, 0) is 12.8 Å². The van der Waals surface area contributed by atoms with Gasteiger partial charge in [0.25, 0.3) is 0 Å². The van der Waals surface area contributed by atoms with Gasteiger partial charge in [-0.3, -0.25) is 0 Å². The number of aliphatic hydroxyl groups excluding tert-OH is 1. The SMILES string of the molecule is C#CCN[C@@H]1CCCCC[C@H]1O. The molecule has 2 atom stereocenters. The molecule has 0 aliphatic heterocycles. The number of rotatable bonds is 2. The number of nitrogens with one attached hydrogen (secondary N) is 1. The Balaban J connectivity index is 2.32. The van der Waals surface area contributed by atoms with Gasteiger partial charge in [-0.2, -0.15) is 0 Å². The Bertz CT molecular complexity index is 162. The van der Waals surface area contributed by atoms with E-state index in [-0.39, 0.29) is 12.1 Å². The second-order valence-corrected chi connectivity index (χ2v) is 3.40. The van der Waals surface area contributed by atoms with E-state index in [1.165, 1.54) is 12.8 Å². The van der Waals surface area contributed by atoms with E-state index in [0.717, 1.165) is 19.3 Å². The van der Waals surface area contributed by atoms with Crippen molar-refractivity contribution in [3.8, 4) is 12.3 Å². The monoisotopic (exact) mass is 167 g/mol. The normalized spacial score (nSPS) is 30.7. The number of hydrogen-bond donors (Lipinski definition) is 2. The third kappa shape index (κ3) is 2.84. The van der Waals surface area contributed by atoms with E-state index in [1.807, 2.05) is 0 Å². The van der Waals surface area contributed by atoms with Crippen LogP contribution in [0.2, 0.25) is 0 Å². The predicted octanol–water partition coefficient (Wildman–Crippen LogP) is 0.903. The predicted molar refractivity (Wildman–Crippen MR) is 49.7 cm³/mol. The van der Waals surface area contributed by atoms with Crippen molar-refractivity contribution in [3.63, 3.8) is 0 Å². The van der Waals surface area contributed by atoms with Crippen molar-refractivity contribution in [2.75, 3.05) is 6.54 Å². The Labute approximate surface area is 74.4 Å². The molecule has 0 aromatic carbocycles. The molecule has 0 amide bonds. The molecule has 0 heterocycles. The summed E-state index contributed by atoms with van der Waals surface area (Å²) in [5.41, 5.74) is 0.